The Morgan fingerprint density at radius 1 is 1.39 bits per heavy atom. The summed E-state index contributed by atoms with van der Waals surface area (Å²) in [4.78, 5) is 13.0. The normalized spacial score (nSPS) is 19.9. The van der Waals surface area contributed by atoms with Gasteiger partial charge < -0.3 is 4.90 Å². The molecule has 1 atom stereocenters. The highest BCUT2D eigenvalue weighted by molar-refractivity contribution is 5.97. The number of rotatable bonds is 1. The first-order valence-corrected chi connectivity index (χ1v) is 5.61. The fraction of sp³-hybridized carbons (Fsp3) is 0.636. The molecule has 0 aliphatic carbocycles. The van der Waals surface area contributed by atoms with Gasteiger partial charge in [-0.1, -0.05) is 0 Å². The first-order valence-electron chi connectivity index (χ1n) is 5.61. The Hall–Kier alpha value is -1.53. The zero-order valence-electron chi connectivity index (χ0n) is 10.4. The van der Waals surface area contributed by atoms with Crippen LogP contribution in [0.4, 0.5) is 13.2 Å². The standard InChI is InChI=1S/C11H14F3N3O/c1-6-9(7(2)16(3)15-6)10(18)17-5-4-8(17)11(12,13)14/h8H,4-5H2,1-3H3. The number of amides is 1. The van der Waals surface area contributed by atoms with E-state index >= 15 is 0 Å². The third kappa shape index (κ3) is 1.87. The van der Waals surface area contributed by atoms with Crippen molar-refractivity contribution in [1.29, 1.82) is 0 Å². The molecule has 2 rings (SSSR count). The maximum atomic E-state index is 12.6. The molecule has 100 valence electrons. The SMILES string of the molecule is Cc1nn(C)c(C)c1C(=O)N1CCC1C(F)(F)F. The van der Waals surface area contributed by atoms with Crippen LogP contribution in [-0.4, -0.2) is 39.4 Å². The topological polar surface area (TPSA) is 38.1 Å². The van der Waals surface area contributed by atoms with Crippen molar-refractivity contribution in [3.8, 4) is 0 Å². The van der Waals surface area contributed by atoms with E-state index < -0.39 is 18.1 Å². The van der Waals surface area contributed by atoms with E-state index in [4.69, 9.17) is 0 Å². The first-order chi connectivity index (χ1) is 8.23. The van der Waals surface area contributed by atoms with Gasteiger partial charge >= 0.3 is 6.18 Å². The summed E-state index contributed by atoms with van der Waals surface area (Å²) in [5.41, 5.74) is 1.34. The number of likely N-dealkylation sites (tertiary alicyclic amines) is 1. The van der Waals surface area contributed by atoms with Crippen LogP contribution in [0.25, 0.3) is 0 Å². The lowest BCUT2D eigenvalue weighted by molar-refractivity contribution is -0.199. The molecule has 0 N–H and O–H groups in total. The molecule has 0 saturated carbocycles. The van der Waals surface area contributed by atoms with E-state index in [1.165, 1.54) is 4.68 Å². The first kappa shape index (κ1) is 12.9. The van der Waals surface area contributed by atoms with Gasteiger partial charge in [0.05, 0.1) is 11.3 Å². The highest BCUT2D eigenvalue weighted by atomic mass is 19.4. The van der Waals surface area contributed by atoms with E-state index in [9.17, 15) is 18.0 Å². The Morgan fingerprint density at radius 3 is 2.33 bits per heavy atom. The van der Waals surface area contributed by atoms with Crippen LogP contribution >= 0.6 is 0 Å². The summed E-state index contributed by atoms with van der Waals surface area (Å²) in [5.74, 6) is -0.577. The average Bonchev–Trinajstić information content (AvgIpc) is 2.35. The van der Waals surface area contributed by atoms with Gasteiger partial charge in [0, 0.05) is 19.3 Å². The Morgan fingerprint density at radius 2 is 2.00 bits per heavy atom. The molecule has 2 heterocycles. The van der Waals surface area contributed by atoms with E-state index in [1.807, 2.05) is 0 Å². The molecule has 1 aromatic heterocycles. The van der Waals surface area contributed by atoms with Crippen LogP contribution in [-0.2, 0) is 7.05 Å². The molecule has 7 heteroatoms. The zero-order chi connectivity index (χ0) is 13.7. The van der Waals surface area contributed by atoms with Crippen molar-refractivity contribution in [2.45, 2.75) is 32.5 Å². The number of aromatic nitrogens is 2. The molecule has 1 aliphatic heterocycles. The molecule has 1 saturated heterocycles. The van der Waals surface area contributed by atoms with Crippen LogP contribution in [0.5, 0.6) is 0 Å². The summed E-state index contributed by atoms with van der Waals surface area (Å²) < 4.78 is 39.4. The number of hydrogen-bond acceptors (Lipinski definition) is 2. The average molecular weight is 261 g/mol. The minimum Gasteiger partial charge on any atom is -0.326 e. The van der Waals surface area contributed by atoms with Gasteiger partial charge in [0.15, 0.2) is 0 Å². The van der Waals surface area contributed by atoms with Gasteiger partial charge in [0.1, 0.15) is 6.04 Å². The van der Waals surface area contributed by atoms with Crippen molar-refractivity contribution >= 4 is 5.91 Å². The zero-order valence-corrected chi connectivity index (χ0v) is 10.4. The third-order valence-electron chi connectivity index (χ3n) is 3.38. The number of nitrogens with zero attached hydrogens (tertiary/aromatic N) is 3. The van der Waals surface area contributed by atoms with Crippen molar-refractivity contribution in [3.63, 3.8) is 0 Å². The molecule has 1 fully saturated rings. The van der Waals surface area contributed by atoms with Crippen LogP contribution in [0.15, 0.2) is 0 Å². The highest BCUT2D eigenvalue weighted by Crippen LogP contribution is 2.35. The lowest BCUT2D eigenvalue weighted by Gasteiger charge is -2.41. The van der Waals surface area contributed by atoms with Crippen molar-refractivity contribution in [2.24, 2.45) is 7.05 Å². The predicted molar refractivity (Wildman–Crippen MR) is 58.2 cm³/mol. The number of hydrogen-bond donors (Lipinski definition) is 0. The highest BCUT2D eigenvalue weighted by Gasteiger charge is 2.51. The van der Waals surface area contributed by atoms with Crippen LogP contribution in [0.2, 0.25) is 0 Å². The Balaban J connectivity index is 2.28. The number of carbonyl (C=O) groups excluding carboxylic acids is 1. The Labute approximate surface area is 102 Å². The molecule has 1 unspecified atom stereocenters. The second kappa shape index (κ2) is 4.00. The number of carbonyl (C=O) groups is 1. The second-order valence-electron chi connectivity index (χ2n) is 4.51. The minimum atomic E-state index is -4.35. The summed E-state index contributed by atoms with van der Waals surface area (Å²) >= 11 is 0. The van der Waals surface area contributed by atoms with Gasteiger partial charge in [-0.2, -0.15) is 18.3 Å². The number of aryl methyl sites for hydroxylation is 2. The van der Waals surface area contributed by atoms with Crippen LogP contribution in [0, 0.1) is 13.8 Å². The lowest BCUT2D eigenvalue weighted by atomic mass is 10.00. The van der Waals surface area contributed by atoms with Crippen molar-refractivity contribution < 1.29 is 18.0 Å². The molecule has 0 spiro atoms. The fourth-order valence-electron chi connectivity index (χ4n) is 2.20. The maximum absolute atomic E-state index is 12.6. The van der Waals surface area contributed by atoms with Crippen molar-refractivity contribution in [3.05, 3.63) is 17.0 Å². The van der Waals surface area contributed by atoms with Gasteiger partial charge in [0.2, 0.25) is 0 Å². The molecule has 1 aromatic rings. The lowest BCUT2D eigenvalue weighted by Crippen LogP contribution is -2.58. The van der Waals surface area contributed by atoms with Crippen LogP contribution in [0.1, 0.15) is 28.2 Å². The summed E-state index contributed by atoms with van der Waals surface area (Å²) in [5, 5.41) is 4.05. The molecule has 4 nitrogen and oxygen atoms in total. The van der Waals surface area contributed by atoms with Gasteiger partial charge in [0.25, 0.3) is 5.91 Å². The quantitative estimate of drug-likeness (QED) is 0.773. The Kier molecular flexibility index (Phi) is 2.87. The van der Waals surface area contributed by atoms with Gasteiger partial charge in [-0.3, -0.25) is 9.48 Å². The molecule has 1 aliphatic rings. The molecule has 18 heavy (non-hydrogen) atoms. The van der Waals surface area contributed by atoms with E-state index in [0.717, 1.165) is 4.90 Å². The molecule has 0 aromatic carbocycles. The molecular formula is C11H14F3N3O. The van der Waals surface area contributed by atoms with E-state index in [0.29, 0.717) is 11.4 Å². The maximum Gasteiger partial charge on any atom is 0.408 e. The van der Waals surface area contributed by atoms with E-state index in [2.05, 4.69) is 5.10 Å². The van der Waals surface area contributed by atoms with Crippen molar-refractivity contribution in [1.82, 2.24) is 14.7 Å². The van der Waals surface area contributed by atoms with Crippen molar-refractivity contribution in [2.75, 3.05) is 6.54 Å². The van der Waals surface area contributed by atoms with Crippen LogP contribution in [0.3, 0.4) is 0 Å². The molecule has 0 radical (unpaired) electrons. The molecule has 0 bridgehead atoms. The van der Waals surface area contributed by atoms with Gasteiger partial charge in [-0.25, -0.2) is 0 Å². The smallest absolute Gasteiger partial charge is 0.326 e. The third-order valence-corrected chi connectivity index (χ3v) is 3.38. The van der Waals surface area contributed by atoms with Gasteiger partial charge in [-0.15, -0.1) is 0 Å². The minimum absolute atomic E-state index is 0.0202. The summed E-state index contributed by atoms with van der Waals surface area (Å²) in [6.45, 7) is 3.45. The van der Waals surface area contributed by atoms with E-state index in [-0.39, 0.29) is 18.5 Å². The predicted octanol–water partition coefficient (Wildman–Crippen LogP) is 1.81. The number of halogens is 3. The van der Waals surface area contributed by atoms with Gasteiger partial charge in [-0.05, 0) is 20.3 Å². The summed E-state index contributed by atoms with van der Waals surface area (Å²) in [6.07, 6.45) is -4.37. The fourth-order valence-corrected chi connectivity index (χ4v) is 2.20. The number of alkyl halides is 3. The molecule has 1 amide bonds. The Bertz CT molecular complexity index is 492. The summed E-state index contributed by atoms with van der Waals surface area (Å²) in [6, 6.07) is -1.65. The molecular weight excluding hydrogens is 247 g/mol. The largest absolute Gasteiger partial charge is 0.408 e. The summed E-state index contributed by atoms with van der Waals surface area (Å²) in [7, 11) is 1.66. The van der Waals surface area contributed by atoms with Crippen LogP contribution < -0.4 is 0 Å². The second-order valence-corrected chi connectivity index (χ2v) is 4.51. The monoisotopic (exact) mass is 261 g/mol. The van der Waals surface area contributed by atoms with E-state index in [1.54, 1.807) is 20.9 Å².